The summed E-state index contributed by atoms with van der Waals surface area (Å²) in [6.07, 6.45) is 1.05. The Bertz CT molecular complexity index is 349. The molecule has 0 bridgehead atoms. The lowest BCUT2D eigenvalue weighted by Gasteiger charge is -2.25. The van der Waals surface area contributed by atoms with Crippen molar-refractivity contribution in [1.29, 1.82) is 0 Å². The quantitative estimate of drug-likeness (QED) is 0.733. The van der Waals surface area contributed by atoms with Crippen molar-refractivity contribution < 1.29 is 14.2 Å². The van der Waals surface area contributed by atoms with Gasteiger partial charge < -0.3 is 14.2 Å². The van der Waals surface area contributed by atoms with Crippen molar-refractivity contribution in [3.05, 3.63) is 23.8 Å². The van der Waals surface area contributed by atoms with Crippen LogP contribution in [0.25, 0.3) is 0 Å². The van der Waals surface area contributed by atoms with E-state index < -0.39 is 0 Å². The molecule has 0 amide bonds. The molecule has 0 radical (unpaired) electrons. The van der Waals surface area contributed by atoms with Gasteiger partial charge in [0, 0.05) is 12.7 Å². The summed E-state index contributed by atoms with van der Waals surface area (Å²) in [5.41, 5.74) is 1.20. The topological polar surface area (TPSA) is 27.7 Å². The van der Waals surface area contributed by atoms with Crippen LogP contribution in [0.5, 0.6) is 11.5 Å². The van der Waals surface area contributed by atoms with Crippen LogP contribution in [0.4, 0.5) is 0 Å². The van der Waals surface area contributed by atoms with Gasteiger partial charge in [-0.15, -0.1) is 0 Å². The van der Waals surface area contributed by atoms with E-state index in [0.29, 0.717) is 19.1 Å². The maximum Gasteiger partial charge on any atom is 0.126 e. The molecule has 2 rings (SSSR count). The Morgan fingerprint density at radius 1 is 1.38 bits per heavy atom. The fourth-order valence-electron chi connectivity index (χ4n) is 1.99. The van der Waals surface area contributed by atoms with Gasteiger partial charge in [-0.3, -0.25) is 0 Å². The van der Waals surface area contributed by atoms with Gasteiger partial charge in [-0.05, 0) is 24.5 Å². The molecular formula is C13H18O3. The van der Waals surface area contributed by atoms with E-state index in [-0.39, 0.29) is 0 Å². The minimum atomic E-state index is 0.502. The maximum atomic E-state index is 5.71. The highest BCUT2D eigenvalue weighted by Gasteiger charge is 2.21. The van der Waals surface area contributed by atoms with Gasteiger partial charge in [0.25, 0.3) is 0 Å². The van der Waals surface area contributed by atoms with Crippen molar-refractivity contribution in [3.63, 3.8) is 0 Å². The summed E-state index contributed by atoms with van der Waals surface area (Å²) in [4.78, 5) is 0. The molecule has 0 aromatic heterocycles. The zero-order valence-electron chi connectivity index (χ0n) is 9.86. The average molecular weight is 222 g/mol. The molecule has 0 saturated heterocycles. The molecule has 1 aromatic carbocycles. The lowest BCUT2D eigenvalue weighted by Crippen LogP contribution is -2.14. The lowest BCUT2D eigenvalue weighted by atomic mass is 9.94. The van der Waals surface area contributed by atoms with E-state index in [1.165, 1.54) is 5.56 Å². The van der Waals surface area contributed by atoms with E-state index in [1.807, 2.05) is 18.2 Å². The largest absolute Gasteiger partial charge is 0.493 e. The Hall–Kier alpha value is -1.22. The van der Waals surface area contributed by atoms with Crippen LogP contribution in [0.2, 0.25) is 0 Å². The van der Waals surface area contributed by atoms with Gasteiger partial charge in [0.05, 0.1) is 13.2 Å². The predicted octanol–water partition coefficient (Wildman–Crippen LogP) is 2.60. The highest BCUT2D eigenvalue weighted by molar-refractivity contribution is 5.48. The van der Waals surface area contributed by atoms with Gasteiger partial charge in [0.15, 0.2) is 0 Å². The maximum absolute atomic E-state index is 5.71. The molecule has 1 aliphatic rings. The van der Waals surface area contributed by atoms with Crippen molar-refractivity contribution in [2.24, 2.45) is 0 Å². The SMILES string of the molecule is COCCOc1cccc2c1C(C)CCO2. The normalized spacial score (nSPS) is 18.8. The van der Waals surface area contributed by atoms with E-state index >= 15 is 0 Å². The second-order valence-corrected chi connectivity index (χ2v) is 4.05. The number of benzene rings is 1. The van der Waals surface area contributed by atoms with E-state index in [1.54, 1.807) is 7.11 Å². The Labute approximate surface area is 96.3 Å². The molecule has 3 heteroatoms. The van der Waals surface area contributed by atoms with Crippen LogP contribution < -0.4 is 9.47 Å². The zero-order chi connectivity index (χ0) is 11.4. The van der Waals surface area contributed by atoms with Crippen molar-refractivity contribution in [2.45, 2.75) is 19.3 Å². The summed E-state index contributed by atoms with van der Waals surface area (Å²) >= 11 is 0. The molecule has 1 atom stereocenters. The number of hydrogen-bond acceptors (Lipinski definition) is 3. The lowest BCUT2D eigenvalue weighted by molar-refractivity contribution is 0.144. The van der Waals surface area contributed by atoms with Gasteiger partial charge in [0.2, 0.25) is 0 Å². The highest BCUT2D eigenvalue weighted by atomic mass is 16.5. The molecule has 0 saturated carbocycles. The number of methoxy groups -OCH3 is 1. The summed E-state index contributed by atoms with van der Waals surface area (Å²) in [6.45, 7) is 4.21. The highest BCUT2D eigenvalue weighted by Crippen LogP contribution is 2.39. The van der Waals surface area contributed by atoms with E-state index in [9.17, 15) is 0 Å². The summed E-state index contributed by atoms with van der Waals surface area (Å²) in [7, 11) is 1.68. The van der Waals surface area contributed by atoms with Gasteiger partial charge in [-0.25, -0.2) is 0 Å². The van der Waals surface area contributed by atoms with Gasteiger partial charge in [-0.1, -0.05) is 13.0 Å². The minimum Gasteiger partial charge on any atom is -0.493 e. The molecule has 3 nitrogen and oxygen atoms in total. The summed E-state index contributed by atoms with van der Waals surface area (Å²) in [6, 6.07) is 5.98. The third kappa shape index (κ3) is 2.30. The molecule has 0 N–H and O–H groups in total. The van der Waals surface area contributed by atoms with Crippen LogP contribution in [0, 0.1) is 0 Å². The average Bonchev–Trinajstić information content (AvgIpc) is 2.30. The summed E-state index contributed by atoms with van der Waals surface area (Å²) < 4.78 is 16.3. The van der Waals surface area contributed by atoms with Crippen molar-refractivity contribution in [3.8, 4) is 11.5 Å². The Morgan fingerprint density at radius 3 is 3.06 bits per heavy atom. The summed E-state index contributed by atoms with van der Waals surface area (Å²) in [5.74, 6) is 2.40. The first-order chi connectivity index (χ1) is 7.83. The first-order valence-corrected chi connectivity index (χ1v) is 5.70. The second kappa shape index (κ2) is 5.21. The molecular weight excluding hydrogens is 204 g/mol. The minimum absolute atomic E-state index is 0.502. The monoisotopic (exact) mass is 222 g/mol. The van der Waals surface area contributed by atoms with Crippen LogP contribution in [0.15, 0.2) is 18.2 Å². The molecule has 1 unspecified atom stereocenters. The number of rotatable bonds is 4. The predicted molar refractivity (Wildman–Crippen MR) is 62.3 cm³/mol. The van der Waals surface area contributed by atoms with Crippen molar-refractivity contribution >= 4 is 0 Å². The first-order valence-electron chi connectivity index (χ1n) is 5.70. The van der Waals surface area contributed by atoms with Crippen LogP contribution in [0.3, 0.4) is 0 Å². The van der Waals surface area contributed by atoms with Crippen molar-refractivity contribution in [2.75, 3.05) is 26.9 Å². The van der Waals surface area contributed by atoms with Crippen molar-refractivity contribution in [1.82, 2.24) is 0 Å². The van der Waals surface area contributed by atoms with Crippen LogP contribution in [-0.4, -0.2) is 26.9 Å². The summed E-state index contributed by atoms with van der Waals surface area (Å²) in [5, 5.41) is 0. The molecule has 1 aromatic rings. The standard InChI is InChI=1S/C13H18O3/c1-10-6-7-15-11-4-3-5-12(13(10)11)16-9-8-14-2/h3-5,10H,6-9H2,1-2H3. The number of fused-ring (bicyclic) bond motifs is 1. The molecule has 1 heterocycles. The zero-order valence-corrected chi connectivity index (χ0v) is 9.86. The second-order valence-electron chi connectivity index (χ2n) is 4.05. The van der Waals surface area contributed by atoms with E-state index in [4.69, 9.17) is 14.2 Å². The molecule has 88 valence electrons. The first kappa shape index (κ1) is 11.3. The van der Waals surface area contributed by atoms with Crippen LogP contribution >= 0.6 is 0 Å². The Balaban J connectivity index is 2.17. The third-order valence-corrected chi connectivity index (χ3v) is 2.87. The fraction of sp³-hybridized carbons (Fsp3) is 0.538. The molecule has 0 aliphatic carbocycles. The van der Waals surface area contributed by atoms with E-state index in [0.717, 1.165) is 24.5 Å². The van der Waals surface area contributed by atoms with Crippen LogP contribution in [-0.2, 0) is 4.74 Å². The van der Waals surface area contributed by atoms with Gasteiger partial charge in [-0.2, -0.15) is 0 Å². The molecule has 0 fully saturated rings. The Kier molecular flexibility index (Phi) is 3.67. The smallest absolute Gasteiger partial charge is 0.126 e. The number of hydrogen-bond donors (Lipinski definition) is 0. The third-order valence-electron chi connectivity index (χ3n) is 2.87. The van der Waals surface area contributed by atoms with Gasteiger partial charge >= 0.3 is 0 Å². The van der Waals surface area contributed by atoms with E-state index in [2.05, 4.69) is 6.92 Å². The van der Waals surface area contributed by atoms with Crippen LogP contribution in [0.1, 0.15) is 24.8 Å². The molecule has 1 aliphatic heterocycles. The molecule has 16 heavy (non-hydrogen) atoms. The Morgan fingerprint density at radius 2 is 2.25 bits per heavy atom. The van der Waals surface area contributed by atoms with Gasteiger partial charge in [0.1, 0.15) is 18.1 Å². The molecule has 0 spiro atoms. The number of ether oxygens (including phenoxy) is 3. The fourth-order valence-corrected chi connectivity index (χ4v) is 1.99.